The number of rotatable bonds is 9. The Bertz CT molecular complexity index is 1200. The van der Waals surface area contributed by atoms with E-state index < -0.39 is 5.91 Å². The number of carbonyl (C=O) groups is 1. The molecular formula is C32H40N4O2. The van der Waals surface area contributed by atoms with Gasteiger partial charge >= 0.3 is 0 Å². The zero-order valence-corrected chi connectivity index (χ0v) is 22.4. The number of amides is 1. The lowest BCUT2D eigenvalue weighted by atomic mass is 9.91. The smallest absolute Gasteiger partial charge is 0.248 e. The van der Waals surface area contributed by atoms with Gasteiger partial charge in [0, 0.05) is 12.1 Å². The zero-order valence-electron chi connectivity index (χ0n) is 22.4. The number of anilines is 1. The van der Waals surface area contributed by atoms with Crippen molar-refractivity contribution in [2.24, 2.45) is 16.6 Å². The van der Waals surface area contributed by atoms with E-state index in [4.69, 9.17) is 15.5 Å². The Hall–Kier alpha value is -3.80. The first-order chi connectivity index (χ1) is 18.6. The molecule has 1 amide bonds. The average molecular weight is 513 g/mol. The predicted molar refractivity (Wildman–Crippen MR) is 155 cm³/mol. The summed E-state index contributed by atoms with van der Waals surface area (Å²) in [6.07, 6.45) is 9.10. The zero-order chi connectivity index (χ0) is 26.6. The van der Waals surface area contributed by atoms with Gasteiger partial charge in [0.15, 0.2) is 5.96 Å². The lowest BCUT2D eigenvalue weighted by molar-refractivity contribution is 0.1000. The number of nitrogens with two attached hydrogens (primary N) is 1. The van der Waals surface area contributed by atoms with Crippen LogP contribution in [-0.4, -0.2) is 18.4 Å². The SMILES string of the molecule is Cc1ccccc1CN=C(NCC1CCCCCCC1)Nc1ccc(C(N)=O)cc1OCc1ccccc1. The summed E-state index contributed by atoms with van der Waals surface area (Å²) < 4.78 is 6.17. The largest absolute Gasteiger partial charge is 0.487 e. The molecule has 4 N–H and O–H groups in total. The normalized spacial score (nSPS) is 14.8. The summed E-state index contributed by atoms with van der Waals surface area (Å²) in [7, 11) is 0. The maximum Gasteiger partial charge on any atom is 0.248 e. The molecule has 0 saturated heterocycles. The average Bonchev–Trinajstić information content (AvgIpc) is 2.91. The van der Waals surface area contributed by atoms with Gasteiger partial charge in [-0.2, -0.15) is 0 Å². The van der Waals surface area contributed by atoms with Crippen LogP contribution in [0.3, 0.4) is 0 Å². The van der Waals surface area contributed by atoms with Gasteiger partial charge in [0.25, 0.3) is 0 Å². The Balaban J connectivity index is 1.55. The van der Waals surface area contributed by atoms with Gasteiger partial charge in [0.2, 0.25) is 5.91 Å². The summed E-state index contributed by atoms with van der Waals surface area (Å²) in [5.41, 5.74) is 10.1. The molecule has 0 aromatic heterocycles. The summed E-state index contributed by atoms with van der Waals surface area (Å²) >= 11 is 0. The fourth-order valence-electron chi connectivity index (χ4n) is 4.84. The summed E-state index contributed by atoms with van der Waals surface area (Å²) in [6, 6.07) is 23.5. The van der Waals surface area contributed by atoms with Crippen LogP contribution in [0, 0.1) is 12.8 Å². The molecule has 200 valence electrons. The Morgan fingerprint density at radius 3 is 2.39 bits per heavy atom. The number of guanidine groups is 1. The molecular weight excluding hydrogens is 472 g/mol. The van der Waals surface area contributed by atoms with Crippen molar-refractivity contribution < 1.29 is 9.53 Å². The Morgan fingerprint density at radius 2 is 1.66 bits per heavy atom. The number of nitrogens with one attached hydrogen (secondary N) is 2. The topological polar surface area (TPSA) is 88.7 Å². The van der Waals surface area contributed by atoms with E-state index >= 15 is 0 Å². The fourth-order valence-corrected chi connectivity index (χ4v) is 4.84. The number of carbonyl (C=O) groups excluding carboxylic acids is 1. The quantitative estimate of drug-likeness (QED) is 0.223. The van der Waals surface area contributed by atoms with E-state index in [-0.39, 0.29) is 0 Å². The van der Waals surface area contributed by atoms with E-state index in [1.54, 1.807) is 12.1 Å². The van der Waals surface area contributed by atoms with Gasteiger partial charge in [-0.3, -0.25) is 4.79 Å². The van der Waals surface area contributed by atoms with E-state index in [9.17, 15) is 4.79 Å². The van der Waals surface area contributed by atoms with Crippen LogP contribution in [0.2, 0.25) is 0 Å². The molecule has 0 aliphatic heterocycles. The van der Waals surface area contributed by atoms with Gasteiger partial charge in [-0.1, -0.05) is 86.7 Å². The van der Waals surface area contributed by atoms with Gasteiger partial charge in [0.05, 0.1) is 12.2 Å². The lowest BCUT2D eigenvalue weighted by Gasteiger charge is -2.22. The Kier molecular flexibility index (Phi) is 10.2. The van der Waals surface area contributed by atoms with Crippen LogP contribution in [0.5, 0.6) is 5.75 Å². The van der Waals surface area contributed by atoms with E-state index in [0.717, 1.165) is 17.8 Å². The Morgan fingerprint density at radius 1 is 0.947 bits per heavy atom. The molecule has 3 aromatic carbocycles. The number of benzene rings is 3. The number of aryl methyl sites for hydroxylation is 1. The van der Waals surface area contributed by atoms with Crippen LogP contribution in [-0.2, 0) is 13.2 Å². The van der Waals surface area contributed by atoms with E-state index in [1.807, 2.05) is 48.5 Å². The van der Waals surface area contributed by atoms with Crippen LogP contribution in [0.25, 0.3) is 0 Å². The van der Waals surface area contributed by atoms with E-state index in [1.165, 1.54) is 56.1 Å². The van der Waals surface area contributed by atoms with Gasteiger partial charge < -0.3 is 21.1 Å². The molecule has 4 rings (SSSR count). The summed E-state index contributed by atoms with van der Waals surface area (Å²) in [4.78, 5) is 16.8. The molecule has 0 bridgehead atoms. The first-order valence-electron chi connectivity index (χ1n) is 13.8. The molecule has 0 heterocycles. The van der Waals surface area contributed by atoms with Gasteiger partial charge in [-0.05, 0) is 60.6 Å². The number of primary amides is 1. The molecule has 1 saturated carbocycles. The molecule has 38 heavy (non-hydrogen) atoms. The number of aliphatic imine (C=N–C) groups is 1. The number of nitrogens with zero attached hydrogens (tertiary/aromatic N) is 1. The van der Waals surface area contributed by atoms with Crippen molar-refractivity contribution in [1.29, 1.82) is 0 Å². The first kappa shape index (κ1) is 27.2. The molecule has 6 heteroatoms. The minimum atomic E-state index is -0.489. The second-order valence-electron chi connectivity index (χ2n) is 10.2. The van der Waals surface area contributed by atoms with E-state index in [2.05, 4.69) is 29.7 Å². The van der Waals surface area contributed by atoms with Crippen LogP contribution in [0.1, 0.15) is 72.0 Å². The lowest BCUT2D eigenvalue weighted by Crippen LogP contribution is -2.35. The first-order valence-corrected chi connectivity index (χ1v) is 13.8. The highest BCUT2D eigenvalue weighted by Gasteiger charge is 2.15. The molecule has 1 aliphatic rings. The van der Waals surface area contributed by atoms with Gasteiger partial charge in [-0.25, -0.2) is 4.99 Å². The minimum absolute atomic E-state index is 0.378. The minimum Gasteiger partial charge on any atom is -0.487 e. The summed E-state index contributed by atoms with van der Waals surface area (Å²) in [5.74, 6) is 1.40. The van der Waals surface area contributed by atoms with Crippen LogP contribution >= 0.6 is 0 Å². The third-order valence-electron chi connectivity index (χ3n) is 7.21. The third-order valence-corrected chi connectivity index (χ3v) is 7.21. The second-order valence-corrected chi connectivity index (χ2v) is 10.2. The number of hydrogen-bond acceptors (Lipinski definition) is 3. The van der Waals surface area contributed by atoms with Crippen molar-refractivity contribution in [2.75, 3.05) is 11.9 Å². The monoisotopic (exact) mass is 512 g/mol. The number of ether oxygens (including phenoxy) is 1. The van der Waals surface area contributed by atoms with Crippen LogP contribution in [0.4, 0.5) is 5.69 Å². The fraction of sp³-hybridized carbons (Fsp3) is 0.375. The Labute approximate surface area is 226 Å². The van der Waals surface area contributed by atoms with Crippen molar-refractivity contribution in [3.8, 4) is 5.75 Å². The predicted octanol–water partition coefficient (Wildman–Crippen LogP) is 6.59. The molecule has 0 unspecified atom stereocenters. The molecule has 1 fully saturated rings. The molecule has 6 nitrogen and oxygen atoms in total. The van der Waals surface area contributed by atoms with E-state index in [0.29, 0.717) is 36.3 Å². The molecule has 1 aliphatic carbocycles. The van der Waals surface area contributed by atoms with Crippen molar-refractivity contribution in [3.05, 3.63) is 95.1 Å². The van der Waals surface area contributed by atoms with Gasteiger partial charge in [-0.15, -0.1) is 0 Å². The van der Waals surface area contributed by atoms with Crippen molar-refractivity contribution in [3.63, 3.8) is 0 Å². The van der Waals surface area contributed by atoms with Crippen molar-refractivity contribution in [1.82, 2.24) is 5.32 Å². The van der Waals surface area contributed by atoms with Crippen molar-refractivity contribution >= 4 is 17.6 Å². The van der Waals surface area contributed by atoms with Crippen LogP contribution in [0.15, 0.2) is 77.8 Å². The molecule has 0 radical (unpaired) electrons. The highest BCUT2D eigenvalue weighted by Crippen LogP contribution is 2.27. The standard InChI is InChI=1S/C32H40N4O2/c1-24-12-10-11-17-28(24)22-35-32(34-21-25-13-6-3-2-4-7-14-25)36-29-19-18-27(31(33)37)20-30(29)38-23-26-15-8-5-9-16-26/h5,8-12,15-20,25H,2-4,6-7,13-14,21-23H2,1H3,(H2,33,37)(H2,34,35,36). The second kappa shape index (κ2) is 14.2. The summed E-state index contributed by atoms with van der Waals surface area (Å²) in [6.45, 7) is 3.92. The molecule has 3 aromatic rings. The third kappa shape index (κ3) is 8.37. The highest BCUT2D eigenvalue weighted by atomic mass is 16.5. The van der Waals surface area contributed by atoms with Crippen LogP contribution < -0.4 is 21.1 Å². The van der Waals surface area contributed by atoms with Gasteiger partial charge in [0.1, 0.15) is 12.4 Å². The highest BCUT2D eigenvalue weighted by molar-refractivity contribution is 5.97. The molecule has 0 atom stereocenters. The maximum absolute atomic E-state index is 11.9. The summed E-state index contributed by atoms with van der Waals surface area (Å²) in [5, 5.41) is 7.08. The molecule has 0 spiro atoms. The number of hydrogen-bond donors (Lipinski definition) is 3. The maximum atomic E-state index is 11.9. The van der Waals surface area contributed by atoms with Crippen molar-refractivity contribution in [2.45, 2.75) is 65.0 Å².